The minimum Gasteiger partial charge on any atom is -0.311 e. The molecule has 1 aliphatic heterocycles. The van der Waals surface area contributed by atoms with E-state index in [0.717, 1.165) is 0 Å². The van der Waals surface area contributed by atoms with Crippen molar-refractivity contribution < 1.29 is 0 Å². The van der Waals surface area contributed by atoms with Crippen molar-refractivity contribution in [3.63, 3.8) is 0 Å². The molecule has 0 aromatic heterocycles. The van der Waals surface area contributed by atoms with Crippen LogP contribution in [-0.2, 0) is 19.3 Å². The number of rotatable bonds is 4. The molecule has 3 rings (SSSR count). The maximum atomic E-state index is 3.79. The summed E-state index contributed by atoms with van der Waals surface area (Å²) in [4.78, 5) is 0. The van der Waals surface area contributed by atoms with Gasteiger partial charge >= 0.3 is 0 Å². The molecule has 1 N–H and O–H groups in total. The van der Waals surface area contributed by atoms with E-state index in [-0.39, 0.29) is 0 Å². The van der Waals surface area contributed by atoms with Gasteiger partial charge in [-0.15, -0.1) is 0 Å². The van der Waals surface area contributed by atoms with Crippen LogP contribution in [-0.4, -0.2) is 12.1 Å². The zero-order chi connectivity index (χ0) is 12.4. The monoisotopic (exact) mass is 243 g/mol. The molecule has 1 saturated heterocycles. The van der Waals surface area contributed by atoms with Crippen LogP contribution in [0.5, 0.6) is 0 Å². The topological polar surface area (TPSA) is 12.0 Å². The SMILES string of the molecule is CCCC1(Cc2ccc3c(c2)CCC3)CCCN1. The average Bonchev–Trinajstić information content (AvgIpc) is 2.98. The number of fused-ring (bicyclic) bond motifs is 1. The lowest BCUT2D eigenvalue weighted by atomic mass is 9.84. The molecule has 1 fully saturated rings. The van der Waals surface area contributed by atoms with Crippen LogP contribution in [0.2, 0.25) is 0 Å². The Bertz CT molecular complexity index is 416. The molecule has 1 nitrogen and oxygen atoms in total. The molecule has 2 aliphatic rings. The van der Waals surface area contributed by atoms with Crippen molar-refractivity contribution in [3.05, 3.63) is 34.9 Å². The summed E-state index contributed by atoms with van der Waals surface area (Å²) in [7, 11) is 0. The Labute approximate surface area is 111 Å². The number of aryl methyl sites for hydroxylation is 2. The van der Waals surface area contributed by atoms with E-state index in [1.165, 1.54) is 57.9 Å². The van der Waals surface area contributed by atoms with Crippen LogP contribution in [0.4, 0.5) is 0 Å². The maximum absolute atomic E-state index is 3.79. The Morgan fingerprint density at radius 1 is 1.17 bits per heavy atom. The smallest absolute Gasteiger partial charge is 0.0222 e. The Balaban J connectivity index is 1.78. The van der Waals surface area contributed by atoms with Gasteiger partial charge < -0.3 is 5.32 Å². The van der Waals surface area contributed by atoms with Crippen LogP contribution in [0.15, 0.2) is 18.2 Å². The highest BCUT2D eigenvalue weighted by molar-refractivity contribution is 5.36. The molecule has 0 saturated carbocycles. The summed E-state index contributed by atoms with van der Waals surface area (Å²) in [6, 6.07) is 7.24. The highest BCUT2D eigenvalue weighted by atomic mass is 15.0. The van der Waals surface area contributed by atoms with Crippen LogP contribution < -0.4 is 5.32 Å². The molecule has 1 unspecified atom stereocenters. The van der Waals surface area contributed by atoms with Crippen LogP contribution in [0.3, 0.4) is 0 Å². The van der Waals surface area contributed by atoms with Gasteiger partial charge in [0.05, 0.1) is 0 Å². The third kappa shape index (κ3) is 2.33. The van der Waals surface area contributed by atoms with Crippen molar-refractivity contribution in [1.29, 1.82) is 0 Å². The Morgan fingerprint density at radius 2 is 2.06 bits per heavy atom. The van der Waals surface area contributed by atoms with Gasteiger partial charge in [0.25, 0.3) is 0 Å². The maximum Gasteiger partial charge on any atom is 0.0222 e. The predicted octanol–water partition coefficient (Wildman–Crippen LogP) is 3.64. The summed E-state index contributed by atoms with van der Waals surface area (Å²) in [5, 5.41) is 3.79. The van der Waals surface area contributed by atoms with Gasteiger partial charge in [0, 0.05) is 5.54 Å². The van der Waals surface area contributed by atoms with Gasteiger partial charge in [-0.25, -0.2) is 0 Å². The lowest BCUT2D eigenvalue weighted by Gasteiger charge is -2.29. The molecule has 1 aromatic carbocycles. The molecule has 98 valence electrons. The third-order valence-electron chi connectivity index (χ3n) is 4.77. The van der Waals surface area contributed by atoms with Crippen molar-refractivity contribution in [3.8, 4) is 0 Å². The largest absolute Gasteiger partial charge is 0.311 e. The lowest BCUT2D eigenvalue weighted by molar-refractivity contribution is 0.342. The normalized spacial score (nSPS) is 26.5. The van der Waals surface area contributed by atoms with E-state index in [9.17, 15) is 0 Å². The number of hydrogen-bond acceptors (Lipinski definition) is 1. The minimum absolute atomic E-state index is 0.404. The zero-order valence-corrected chi connectivity index (χ0v) is 11.6. The molecule has 1 aliphatic carbocycles. The zero-order valence-electron chi connectivity index (χ0n) is 11.6. The first kappa shape index (κ1) is 12.2. The van der Waals surface area contributed by atoms with Crippen molar-refractivity contribution in [2.45, 2.75) is 63.8 Å². The quantitative estimate of drug-likeness (QED) is 0.851. The van der Waals surface area contributed by atoms with Gasteiger partial charge in [-0.05, 0) is 68.2 Å². The molecule has 1 atom stereocenters. The molecular weight excluding hydrogens is 218 g/mol. The number of nitrogens with one attached hydrogen (secondary N) is 1. The van der Waals surface area contributed by atoms with Crippen LogP contribution in [0.1, 0.15) is 55.7 Å². The first-order valence-corrected chi connectivity index (χ1v) is 7.67. The fourth-order valence-electron chi connectivity index (χ4n) is 3.93. The predicted molar refractivity (Wildman–Crippen MR) is 77.0 cm³/mol. The highest BCUT2D eigenvalue weighted by Crippen LogP contribution is 2.30. The molecule has 1 heteroatoms. The van der Waals surface area contributed by atoms with E-state index < -0.39 is 0 Å². The summed E-state index contributed by atoms with van der Waals surface area (Å²) in [6.45, 7) is 3.52. The minimum atomic E-state index is 0.404. The van der Waals surface area contributed by atoms with E-state index in [1.54, 1.807) is 16.7 Å². The van der Waals surface area contributed by atoms with E-state index in [0.29, 0.717) is 5.54 Å². The lowest BCUT2D eigenvalue weighted by Crippen LogP contribution is -2.41. The van der Waals surface area contributed by atoms with Gasteiger partial charge in [0.15, 0.2) is 0 Å². The van der Waals surface area contributed by atoms with Gasteiger partial charge in [-0.3, -0.25) is 0 Å². The van der Waals surface area contributed by atoms with Crippen LogP contribution in [0.25, 0.3) is 0 Å². The molecular formula is C17H25N. The standard InChI is InChI=1S/C17H25N/c1-2-9-17(10-4-11-18-17)13-14-7-8-15-5-3-6-16(15)12-14/h7-8,12,18H,2-6,9-11,13H2,1H3. The summed E-state index contributed by atoms with van der Waals surface area (Å²) in [6.07, 6.45) is 10.5. The number of benzene rings is 1. The van der Waals surface area contributed by atoms with Gasteiger partial charge in [-0.1, -0.05) is 31.5 Å². The molecule has 1 heterocycles. The van der Waals surface area contributed by atoms with E-state index in [1.807, 2.05) is 0 Å². The van der Waals surface area contributed by atoms with Crippen molar-refractivity contribution in [2.75, 3.05) is 6.54 Å². The third-order valence-corrected chi connectivity index (χ3v) is 4.77. The van der Waals surface area contributed by atoms with Crippen LogP contribution in [0, 0.1) is 0 Å². The fourth-order valence-corrected chi connectivity index (χ4v) is 3.93. The second-order valence-corrected chi connectivity index (χ2v) is 6.19. The molecule has 0 amide bonds. The molecule has 0 radical (unpaired) electrons. The molecule has 1 aromatic rings. The fraction of sp³-hybridized carbons (Fsp3) is 0.647. The van der Waals surface area contributed by atoms with E-state index >= 15 is 0 Å². The van der Waals surface area contributed by atoms with Gasteiger partial charge in [0.2, 0.25) is 0 Å². The second kappa shape index (κ2) is 5.05. The molecule has 0 spiro atoms. The Morgan fingerprint density at radius 3 is 2.83 bits per heavy atom. The van der Waals surface area contributed by atoms with Gasteiger partial charge in [0.1, 0.15) is 0 Å². The second-order valence-electron chi connectivity index (χ2n) is 6.19. The van der Waals surface area contributed by atoms with E-state index in [4.69, 9.17) is 0 Å². The highest BCUT2D eigenvalue weighted by Gasteiger charge is 2.32. The van der Waals surface area contributed by atoms with E-state index in [2.05, 4.69) is 30.4 Å². The summed E-state index contributed by atoms with van der Waals surface area (Å²) >= 11 is 0. The first-order chi connectivity index (χ1) is 8.81. The van der Waals surface area contributed by atoms with Crippen molar-refractivity contribution >= 4 is 0 Å². The molecule has 0 bridgehead atoms. The number of hydrogen-bond donors (Lipinski definition) is 1. The van der Waals surface area contributed by atoms with Crippen molar-refractivity contribution in [2.24, 2.45) is 0 Å². The summed E-state index contributed by atoms with van der Waals surface area (Å²) < 4.78 is 0. The summed E-state index contributed by atoms with van der Waals surface area (Å²) in [5.41, 5.74) is 5.18. The first-order valence-electron chi connectivity index (χ1n) is 7.67. The summed E-state index contributed by atoms with van der Waals surface area (Å²) in [5.74, 6) is 0. The average molecular weight is 243 g/mol. The van der Waals surface area contributed by atoms with Gasteiger partial charge in [-0.2, -0.15) is 0 Å². The Hall–Kier alpha value is -0.820. The molecule has 18 heavy (non-hydrogen) atoms. The van der Waals surface area contributed by atoms with Crippen molar-refractivity contribution in [1.82, 2.24) is 5.32 Å². The Kier molecular flexibility index (Phi) is 3.43. The van der Waals surface area contributed by atoms with Crippen LogP contribution >= 0.6 is 0 Å².